The number of aromatic amines is 1. The molecule has 0 bridgehead atoms. The first-order chi connectivity index (χ1) is 8.74. The van der Waals surface area contributed by atoms with Crippen molar-refractivity contribution in [2.75, 3.05) is 13.1 Å². The highest BCUT2D eigenvalue weighted by molar-refractivity contribution is 5.82. The lowest BCUT2D eigenvalue weighted by atomic mass is 10.0. The van der Waals surface area contributed by atoms with E-state index in [1.54, 1.807) is 13.1 Å². The molecule has 1 N–H and O–H groups in total. The van der Waals surface area contributed by atoms with E-state index >= 15 is 0 Å². The van der Waals surface area contributed by atoms with Crippen molar-refractivity contribution in [3.05, 3.63) is 36.2 Å². The number of hydrogen-bond acceptors (Lipinski definition) is 2. The SMILES string of the molecule is CC(=O)N1CC=C(c2cc3cccnc3[nH]2)CC1. The standard InChI is InChI=1S/C14H15N3O/c1-10(18)17-7-4-11(5-8-17)13-9-12-3-2-6-15-14(12)16-13/h2-4,6,9H,5,7-8H2,1H3,(H,15,16). The van der Waals surface area contributed by atoms with E-state index in [1.165, 1.54) is 5.57 Å². The van der Waals surface area contributed by atoms with Crippen LogP contribution in [0.5, 0.6) is 0 Å². The molecule has 0 saturated carbocycles. The molecule has 2 aromatic rings. The average Bonchev–Trinajstić information content (AvgIpc) is 2.82. The fourth-order valence-electron chi connectivity index (χ4n) is 2.33. The Balaban J connectivity index is 1.89. The molecule has 1 aliphatic rings. The summed E-state index contributed by atoms with van der Waals surface area (Å²) in [6, 6.07) is 6.11. The van der Waals surface area contributed by atoms with Gasteiger partial charge >= 0.3 is 0 Å². The van der Waals surface area contributed by atoms with Crippen molar-refractivity contribution < 1.29 is 4.79 Å². The smallest absolute Gasteiger partial charge is 0.219 e. The van der Waals surface area contributed by atoms with Gasteiger partial charge in [0.2, 0.25) is 5.91 Å². The Hall–Kier alpha value is -2.10. The van der Waals surface area contributed by atoms with Crippen LogP contribution in [0.2, 0.25) is 0 Å². The quantitative estimate of drug-likeness (QED) is 0.832. The molecule has 0 aromatic carbocycles. The Morgan fingerprint density at radius 2 is 2.39 bits per heavy atom. The van der Waals surface area contributed by atoms with Crippen LogP contribution in [-0.2, 0) is 4.79 Å². The van der Waals surface area contributed by atoms with Gasteiger partial charge in [-0.15, -0.1) is 0 Å². The lowest BCUT2D eigenvalue weighted by molar-refractivity contribution is -0.128. The summed E-state index contributed by atoms with van der Waals surface area (Å²) in [7, 11) is 0. The normalized spacial score (nSPS) is 15.8. The van der Waals surface area contributed by atoms with Crippen LogP contribution in [0.3, 0.4) is 0 Å². The first kappa shape index (κ1) is 11.0. The summed E-state index contributed by atoms with van der Waals surface area (Å²) in [4.78, 5) is 20.7. The minimum Gasteiger partial charge on any atom is -0.339 e. The molecule has 0 radical (unpaired) electrons. The number of amides is 1. The van der Waals surface area contributed by atoms with Crippen LogP contribution in [0.25, 0.3) is 16.6 Å². The maximum atomic E-state index is 11.3. The van der Waals surface area contributed by atoms with E-state index in [9.17, 15) is 4.79 Å². The minimum absolute atomic E-state index is 0.142. The highest BCUT2D eigenvalue weighted by atomic mass is 16.2. The second-order valence-corrected chi connectivity index (χ2v) is 4.57. The van der Waals surface area contributed by atoms with E-state index in [4.69, 9.17) is 0 Å². The number of H-pyrrole nitrogens is 1. The number of carbonyl (C=O) groups is 1. The fraction of sp³-hybridized carbons (Fsp3) is 0.286. The predicted molar refractivity (Wildman–Crippen MR) is 70.9 cm³/mol. The van der Waals surface area contributed by atoms with Crippen molar-refractivity contribution in [3.63, 3.8) is 0 Å². The number of pyridine rings is 1. The molecule has 18 heavy (non-hydrogen) atoms. The molecular weight excluding hydrogens is 226 g/mol. The van der Waals surface area contributed by atoms with E-state index in [2.05, 4.69) is 22.1 Å². The molecule has 1 amide bonds. The molecular formula is C14H15N3O. The Morgan fingerprint density at radius 1 is 1.50 bits per heavy atom. The monoisotopic (exact) mass is 241 g/mol. The second-order valence-electron chi connectivity index (χ2n) is 4.57. The van der Waals surface area contributed by atoms with Crippen LogP contribution in [0, 0.1) is 0 Å². The van der Waals surface area contributed by atoms with Gasteiger partial charge in [-0.3, -0.25) is 4.79 Å². The van der Waals surface area contributed by atoms with Gasteiger partial charge in [-0.25, -0.2) is 4.98 Å². The molecule has 4 nitrogen and oxygen atoms in total. The summed E-state index contributed by atoms with van der Waals surface area (Å²) in [5.74, 6) is 0.142. The molecule has 3 rings (SSSR count). The minimum atomic E-state index is 0.142. The maximum absolute atomic E-state index is 11.3. The van der Waals surface area contributed by atoms with Crippen LogP contribution in [0.1, 0.15) is 19.0 Å². The van der Waals surface area contributed by atoms with Gasteiger partial charge in [0.05, 0.1) is 0 Å². The zero-order valence-corrected chi connectivity index (χ0v) is 10.3. The van der Waals surface area contributed by atoms with Crippen LogP contribution >= 0.6 is 0 Å². The molecule has 92 valence electrons. The summed E-state index contributed by atoms with van der Waals surface area (Å²) in [6.07, 6.45) is 4.80. The van der Waals surface area contributed by atoms with E-state index in [1.807, 2.05) is 17.0 Å². The van der Waals surface area contributed by atoms with Gasteiger partial charge in [0, 0.05) is 37.3 Å². The molecule has 0 aliphatic carbocycles. The van der Waals surface area contributed by atoms with Crippen LogP contribution in [0.15, 0.2) is 30.5 Å². The molecule has 1 aliphatic heterocycles. The largest absolute Gasteiger partial charge is 0.339 e. The first-order valence-electron chi connectivity index (χ1n) is 6.13. The van der Waals surface area contributed by atoms with Gasteiger partial charge in [0.25, 0.3) is 0 Å². The third-order valence-electron chi connectivity index (χ3n) is 3.39. The molecule has 0 fully saturated rings. The molecule has 4 heteroatoms. The Morgan fingerprint density at radius 3 is 3.06 bits per heavy atom. The Bertz CT molecular complexity index is 594. The van der Waals surface area contributed by atoms with Crippen molar-refractivity contribution in [1.82, 2.24) is 14.9 Å². The number of rotatable bonds is 1. The first-order valence-corrected chi connectivity index (χ1v) is 6.13. The van der Waals surface area contributed by atoms with Gasteiger partial charge in [-0.2, -0.15) is 0 Å². The van der Waals surface area contributed by atoms with Crippen molar-refractivity contribution in [2.24, 2.45) is 0 Å². The van der Waals surface area contributed by atoms with E-state index < -0.39 is 0 Å². The zero-order valence-electron chi connectivity index (χ0n) is 10.3. The summed E-state index contributed by atoms with van der Waals surface area (Å²) in [5.41, 5.74) is 3.31. The number of carbonyl (C=O) groups excluding carboxylic acids is 1. The van der Waals surface area contributed by atoms with Crippen molar-refractivity contribution >= 4 is 22.5 Å². The van der Waals surface area contributed by atoms with Crippen LogP contribution < -0.4 is 0 Å². The number of aromatic nitrogens is 2. The number of nitrogens with zero attached hydrogens (tertiary/aromatic N) is 2. The molecule has 3 heterocycles. The summed E-state index contributed by atoms with van der Waals surface area (Å²) >= 11 is 0. The summed E-state index contributed by atoms with van der Waals surface area (Å²) < 4.78 is 0. The van der Waals surface area contributed by atoms with Crippen LogP contribution in [0.4, 0.5) is 0 Å². The molecule has 2 aromatic heterocycles. The van der Waals surface area contributed by atoms with E-state index in [0.717, 1.165) is 29.7 Å². The maximum Gasteiger partial charge on any atom is 0.219 e. The summed E-state index contributed by atoms with van der Waals surface area (Å²) in [5, 5.41) is 1.13. The molecule has 0 saturated heterocycles. The van der Waals surface area contributed by atoms with E-state index in [0.29, 0.717) is 6.54 Å². The topological polar surface area (TPSA) is 49.0 Å². The predicted octanol–water partition coefficient (Wildman–Crippen LogP) is 2.20. The Labute approximate surface area is 105 Å². The van der Waals surface area contributed by atoms with Gasteiger partial charge < -0.3 is 9.88 Å². The average molecular weight is 241 g/mol. The fourth-order valence-corrected chi connectivity index (χ4v) is 2.33. The number of hydrogen-bond donors (Lipinski definition) is 1. The number of nitrogens with one attached hydrogen (secondary N) is 1. The molecule has 0 spiro atoms. The van der Waals surface area contributed by atoms with Crippen molar-refractivity contribution in [2.45, 2.75) is 13.3 Å². The molecule has 0 unspecified atom stereocenters. The third kappa shape index (κ3) is 1.90. The third-order valence-corrected chi connectivity index (χ3v) is 3.39. The zero-order chi connectivity index (χ0) is 12.5. The van der Waals surface area contributed by atoms with Crippen molar-refractivity contribution in [1.29, 1.82) is 0 Å². The van der Waals surface area contributed by atoms with Gasteiger partial charge in [0.15, 0.2) is 0 Å². The molecule has 0 atom stereocenters. The highest BCUT2D eigenvalue weighted by Crippen LogP contribution is 2.24. The van der Waals surface area contributed by atoms with E-state index in [-0.39, 0.29) is 5.91 Å². The highest BCUT2D eigenvalue weighted by Gasteiger charge is 2.15. The second kappa shape index (κ2) is 4.29. The van der Waals surface area contributed by atoms with Gasteiger partial charge in [-0.05, 0) is 30.2 Å². The lowest BCUT2D eigenvalue weighted by Crippen LogP contribution is -2.32. The van der Waals surface area contributed by atoms with Gasteiger partial charge in [0.1, 0.15) is 5.65 Å². The lowest BCUT2D eigenvalue weighted by Gasteiger charge is -2.24. The Kier molecular flexibility index (Phi) is 2.63. The van der Waals surface area contributed by atoms with Crippen LogP contribution in [-0.4, -0.2) is 33.9 Å². The van der Waals surface area contributed by atoms with Gasteiger partial charge in [-0.1, -0.05) is 6.08 Å². The summed E-state index contributed by atoms with van der Waals surface area (Å²) in [6.45, 7) is 3.11. The number of fused-ring (bicyclic) bond motifs is 1. The van der Waals surface area contributed by atoms with Crippen molar-refractivity contribution in [3.8, 4) is 0 Å².